The summed E-state index contributed by atoms with van der Waals surface area (Å²) in [5.74, 6) is 1.16. The molecule has 4 aromatic rings. The first-order valence-corrected chi connectivity index (χ1v) is 22.5. The van der Waals surface area contributed by atoms with E-state index in [-0.39, 0.29) is 17.1 Å². The number of carbonyl (C=O) groups is 2. The van der Waals surface area contributed by atoms with Crippen LogP contribution in [0.25, 0.3) is 10.9 Å². The molecular formula is C45H54Cl2N6O8S. The van der Waals surface area contributed by atoms with Crippen molar-refractivity contribution in [2.24, 2.45) is 0 Å². The summed E-state index contributed by atoms with van der Waals surface area (Å²) in [6.07, 6.45) is 5.11. The Morgan fingerprint density at radius 2 is 1.56 bits per heavy atom. The molecule has 0 saturated carbocycles. The number of nitrogens with zero attached hydrogens (tertiary/aromatic N) is 4. The summed E-state index contributed by atoms with van der Waals surface area (Å²) < 4.78 is 34.5. The van der Waals surface area contributed by atoms with E-state index in [0.717, 1.165) is 63.4 Å². The number of hydrogen-bond donors (Lipinski definition) is 2. The third-order valence-corrected chi connectivity index (χ3v) is 12.4. The van der Waals surface area contributed by atoms with Crippen molar-refractivity contribution in [1.82, 2.24) is 20.1 Å². The van der Waals surface area contributed by atoms with Crippen molar-refractivity contribution in [3.63, 3.8) is 0 Å². The lowest BCUT2D eigenvalue weighted by Crippen LogP contribution is -2.47. The Kier molecular flexibility index (Phi) is 18.6. The zero-order chi connectivity index (χ0) is 43.7. The normalized spacial score (nSPS) is 16.0. The van der Waals surface area contributed by atoms with Gasteiger partial charge in [-0.05, 0) is 55.5 Å². The van der Waals surface area contributed by atoms with Gasteiger partial charge < -0.3 is 38.6 Å². The Hall–Kier alpha value is -4.37. The molecule has 0 aliphatic carbocycles. The highest BCUT2D eigenvalue weighted by Crippen LogP contribution is 2.40. The zero-order valence-corrected chi connectivity index (χ0v) is 37.5. The first-order chi connectivity index (χ1) is 30.2. The number of halogens is 2. The Morgan fingerprint density at radius 3 is 2.29 bits per heavy atom. The number of amides is 2. The number of hydrogen-bond acceptors (Lipinski definition) is 14. The summed E-state index contributed by atoms with van der Waals surface area (Å²) in [6.45, 7) is 9.76. The second-order valence-electron chi connectivity index (χ2n) is 14.8. The van der Waals surface area contributed by atoms with Crippen LogP contribution in [0.1, 0.15) is 36.8 Å². The van der Waals surface area contributed by atoms with Crippen LogP contribution in [-0.4, -0.2) is 132 Å². The Balaban J connectivity index is 0.799. The molecule has 2 saturated heterocycles. The number of aryl methyl sites for hydroxylation is 1. The van der Waals surface area contributed by atoms with E-state index in [0.29, 0.717) is 114 Å². The fourth-order valence-electron chi connectivity index (χ4n) is 7.15. The molecule has 14 nitrogen and oxygen atoms in total. The summed E-state index contributed by atoms with van der Waals surface area (Å²) in [7, 11) is 3.11. The largest absolute Gasteiger partial charge is 0.495 e. The smallest absolute Gasteiger partial charge is 0.240 e. The van der Waals surface area contributed by atoms with Gasteiger partial charge in [-0.3, -0.25) is 24.8 Å². The van der Waals surface area contributed by atoms with Gasteiger partial charge in [0, 0.05) is 80.9 Å². The molecule has 0 radical (unpaired) electrons. The number of nitrogens with one attached hydrogen (secondary N) is 2. The van der Waals surface area contributed by atoms with Crippen LogP contribution in [0.4, 0.5) is 11.4 Å². The van der Waals surface area contributed by atoms with E-state index in [4.69, 9.17) is 51.6 Å². The third kappa shape index (κ3) is 13.8. The highest BCUT2D eigenvalue weighted by molar-refractivity contribution is 8.00. The molecule has 2 fully saturated rings. The van der Waals surface area contributed by atoms with E-state index >= 15 is 0 Å². The molecule has 6 rings (SSSR count). The second kappa shape index (κ2) is 24.5. The molecule has 1 atom stereocenters. The predicted octanol–water partition coefficient (Wildman–Crippen LogP) is 7.14. The van der Waals surface area contributed by atoms with Crippen LogP contribution >= 0.6 is 35.0 Å². The van der Waals surface area contributed by atoms with Gasteiger partial charge >= 0.3 is 0 Å². The van der Waals surface area contributed by atoms with Crippen molar-refractivity contribution >= 4 is 69.1 Å². The number of thioether (sulfide) groups is 1. The first-order valence-electron chi connectivity index (χ1n) is 20.9. The minimum atomic E-state index is -0.225. The van der Waals surface area contributed by atoms with E-state index in [2.05, 4.69) is 43.6 Å². The molecule has 2 N–H and O–H groups in total. The number of ether oxygens (including phenoxy) is 6. The van der Waals surface area contributed by atoms with Gasteiger partial charge in [0.15, 0.2) is 11.5 Å². The number of pyridine rings is 1. The van der Waals surface area contributed by atoms with Crippen LogP contribution in [0.15, 0.2) is 59.6 Å². The lowest BCUT2D eigenvalue weighted by Gasteiger charge is -2.34. The van der Waals surface area contributed by atoms with E-state index in [9.17, 15) is 14.9 Å². The van der Waals surface area contributed by atoms with Crippen LogP contribution < -0.4 is 24.8 Å². The van der Waals surface area contributed by atoms with Crippen LogP contribution in [0.2, 0.25) is 10.0 Å². The number of piperazine rings is 1. The van der Waals surface area contributed by atoms with E-state index in [1.54, 1.807) is 19.2 Å². The van der Waals surface area contributed by atoms with E-state index in [1.165, 1.54) is 30.6 Å². The average Bonchev–Trinajstić information content (AvgIpc) is 3.27. The maximum absolute atomic E-state index is 12.1. The van der Waals surface area contributed by atoms with Gasteiger partial charge in [-0.2, -0.15) is 5.26 Å². The van der Waals surface area contributed by atoms with Crippen LogP contribution in [0.3, 0.4) is 0 Å². The van der Waals surface area contributed by atoms with Gasteiger partial charge in [-0.25, -0.2) is 0 Å². The zero-order valence-electron chi connectivity index (χ0n) is 35.2. The molecule has 3 heterocycles. The van der Waals surface area contributed by atoms with Crippen LogP contribution in [0.5, 0.6) is 17.2 Å². The quantitative estimate of drug-likeness (QED) is 0.0540. The molecule has 2 aliphatic rings. The molecule has 1 unspecified atom stereocenters. The lowest BCUT2D eigenvalue weighted by molar-refractivity contribution is -0.132. The minimum absolute atomic E-state index is 0.191. The molecule has 2 amide bonds. The Labute approximate surface area is 377 Å². The molecule has 3 aromatic carbocycles. The molecule has 0 bridgehead atoms. The summed E-state index contributed by atoms with van der Waals surface area (Å²) >= 11 is 14.2. The number of nitriles is 1. The fraction of sp³-hybridized carbons (Fsp3) is 0.467. The number of anilines is 2. The Morgan fingerprint density at radius 1 is 0.839 bits per heavy atom. The van der Waals surface area contributed by atoms with Gasteiger partial charge in [0.2, 0.25) is 11.8 Å². The third-order valence-electron chi connectivity index (χ3n) is 10.5. The lowest BCUT2D eigenvalue weighted by atomic mass is 10.1. The summed E-state index contributed by atoms with van der Waals surface area (Å²) in [5, 5.41) is 16.8. The van der Waals surface area contributed by atoms with Crippen molar-refractivity contribution in [3.8, 4) is 23.3 Å². The van der Waals surface area contributed by atoms with Crippen LogP contribution in [-0.2, 0) is 30.2 Å². The molecule has 332 valence electrons. The van der Waals surface area contributed by atoms with Crippen molar-refractivity contribution in [2.75, 3.05) is 105 Å². The molecule has 2 aliphatic heterocycles. The van der Waals surface area contributed by atoms with Crippen molar-refractivity contribution in [3.05, 3.63) is 75.9 Å². The monoisotopic (exact) mass is 908 g/mol. The van der Waals surface area contributed by atoms with Gasteiger partial charge in [0.05, 0.1) is 91.6 Å². The van der Waals surface area contributed by atoms with Crippen molar-refractivity contribution < 1.29 is 38.0 Å². The summed E-state index contributed by atoms with van der Waals surface area (Å²) in [5.41, 5.74) is 3.23. The van der Waals surface area contributed by atoms with Crippen molar-refractivity contribution in [2.45, 2.75) is 42.2 Å². The minimum Gasteiger partial charge on any atom is -0.495 e. The molecule has 1 aromatic heterocycles. The second-order valence-corrected chi connectivity index (χ2v) is 16.9. The molecule has 62 heavy (non-hydrogen) atoms. The SMILES string of the molecule is COc1cc(Nc2c(C#N)cnc3cc(OCCCN4CCN(CCOCCOCCOCCCc5cccc(SC6CCC(=O)NC6=O)c5)CC4)c(OC)cc23)c(Cl)cc1Cl. The first kappa shape index (κ1) is 47.1. The van der Waals surface area contributed by atoms with E-state index in [1.807, 2.05) is 24.3 Å². The standard InChI is InChI=1S/C45H54Cl2N6O8S/c1-56-39-28-38(35(46)26-36(39)47)50-44-32(29-48)30-49-37-27-41(40(57-2)25-34(37)44)61-18-5-11-52-12-14-53(15-13-52)16-19-59-21-23-60-22-20-58-17-4-7-31-6-3-8-33(24-31)62-42-9-10-43(54)51-45(42)55/h3,6,8,24-28,30,42H,4-5,7,9-23H2,1-2H3,(H,49,50)(H,51,54,55). The number of piperidine rings is 1. The van der Waals surface area contributed by atoms with E-state index < -0.39 is 0 Å². The van der Waals surface area contributed by atoms with Crippen LogP contribution in [0, 0.1) is 11.3 Å². The molecular weight excluding hydrogens is 856 g/mol. The van der Waals surface area contributed by atoms with Gasteiger partial charge in [0.1, 0.15) is 11.8 Å². The number of imide groups is 1. The predicted molar refractivity (Wildman–Crippen MR) is 242 cm³/mol. The fourth-order valence-corrected chi connectivity index (χ4v) is 8.77. The van der Waals surface area contributed by atoms with Gasteiger partial charge in [-0.15, -0.1) is 11.8 Å². The van der Waals surface area contributed by atoms with Gasteiger partial charge in [-0.1, -0.05) is 35.3 Å². The number of methoxy groups -OCH3 is 2. The number of fused-ring (bicyclic) bond motifs is 1. The number of carbonyl (C=O) groups excluding carboxylic acids is 2. The van der Waals surface area contributed by atoms with Gasteiger partial charge in [0.25, 0.3) is 0 Å². The van der Waals surface area contributed by atoms with Crippen molar-refractivity contribution in [1.29, 1.82) is 5.26 Å². The Bertz CT molecular complexity index is 2170. The maximum Gasteiger partial charge on any atom is 0.240 e. The topological polar surface area (TPSA) is 157 Å². The average molecular weight is 910 g/mol. The summed E-state index contributed by atoms with van der Waals surface area (Å²) in [6, 6.07) is 17.3. The summed E-state index contributed by atoms with van der Waals surface area (Å²) in [4.78, 5) is 34.0. The maximum atomic E-state index is 12.1. The highest BCUT2D eigenvalue weighted by Gasteiger charge is 2.27. The molecule has 0 spiro atoms. The number of rotatable bonds is 24. The molecule has 17 heteroatoms. The highest BCUT2D eigenvalue weighted by atomic mass is 35.5. The number of benzene rings is 3. The number of aromatic nitrogens is 1.